The molecule has 0 saturated heterocycles. The summed E-state index contributed by atoms with van der Waals surface area (Å²) in [6, 6.07) is 7.06. The molecule has 0 aliphatic carbocycles. The second-order valence-electron chi connectivity index (χ2n) is 4.61. The van der Waals surface area contributed by atoms with E-state index in [1.165, 1.54) is 55.2 Å². The van der Waals surface area contributed by atoms with Gasteiger partial charge in [-0.05, 0) is 55.7 Å². The minimum absolute atomic E-state index is 0.916. The Morgan fingerprint density at radius 3 is 1.62 bits per heavy atom. The molecule has 0 aromatic heterocycles. The van der Waals surface area contributed by atoms with Crippen LogP contribution in [0.15, 0.2) is 18.2 Å². The van der Waals surface area contributed by atoms with E-state index >= 15 is 0 Å². The first-order valence-electron chi connectivity index (χ1n) is 6.71. The summed E-state index contributed by atoms with van der Waals surface area (Å²) in [5.41, 5.74) is 4.42. The van der Waals surface area contributed by atoms with E-state index in [4.69, 9.17) is 0 Å². The first-order chi connectivity index (χ1) is 7.80. The maximum absolute atomic E-state index is 4.00. The lowest BCUT2D eigenvalue weighted by Gasteiger charge is -2.08. The van der Waals surface area contributed by atoms with Crippen LogP contribution in [0.3, 0.4) is 0 Å². The van der Waals surface area contributed by atoms with Crippen molar-refractivity contribution in [3.05, 3.63) is 41.8 Å². The highest BCUT2D eigenvalue weighted by Gasteiger charge is 2.00. The average molecular weight is 217 g/mol. The Hall–Kier alpha value is -0.780. The van der Waals surface area contributed by atoms with Gasteiger partial charge in [-0.15, -0.1) is 0 Å². The van der Waals surface area contributed by atoms with Crippen molar-refractivity contribution in [3.63, 3.8) is 0 Å². The van der Waals surface area contributed by atoms with Crippen LogP contribution in [-0.4, -0.2) is 0 Å². The van der Waals surface area contributed by atoms with Crippen LogP contribution >= 0.6 is 0 Å². The maximum Gasteiger partial charge on any atom is -0.0279 e. The molecule has 0 heterocycles. The Labute approximate surface area is 101 Å². The molecule has 16 heavy (non-hydrogen) atoms. The highest BCUT2D eigenvalue weighted by molar-refractivity contribution is 5.31. The first kappa shape index (κ1) is 13.3. The van der Waals surface area contributed by atoms with E-state index in [-0.39, 0.29) is 0 Å². The third kappa shape index (κ3) is 4.38. The molecule has 0 spiro atoms. The van der Waals surface area contributed by atoms with Crippen molar-refractivity contribution in [1.82, 2.24) is 0 Å². The molecule has 1 aromatic carbocycles. The van der Waals surface area contributed by atoms with Gasteiger partial charge in [0.05, 0.1) is 0 Å². The van der Waals surface area contributed by atoms with Crippen molar-refractivity contribution in [1.29, 1.82) is 0 Å². The summed E-state index contributed by atoms with van der Waals surface area (Å²) >= 11 is 0. The summed E-state index contributed by atoms with van der Waals surface area (Å²) in [7, 11) is 0. The lowest BCUT2D eigenvalue weighted by molar-refractivity contribution is 0.779. The molecule has 0 heteroatoms. The predicted octanol–water partition coefficient (Wildman–Crippen LogP) is 4.75. The minimum atomic E-state index is 0.916. The zero-order chi connectivity index (χ0) is 11.8. The minimum Gasteiger partial charge on any atom is -0.0654 e. The van der Waals surface area contributed by atoms with Gasteiger partial charge in [-0.3, -0.25) is 0 Å². The molecule has 1 radical (unpaired) electrons. The van der Waals surface area contributed by atoms with E-state index < -0.39 is 0 Å². The Morgan fingerprint density at radius 2 is 1.25 bits per heavy atom. The summed E-state index contributed by atoms with van der Waals surface area (Å²) in [6.45, 7) is 8.51. The van der Waals surface area contributed by atoms with Crippen molar-refractivity contribution >= 4 is 0 Å². The highest BCUT2D eigenvalue weighted by atomic mass is 14.1. The molecule has 0 aliphatic heterocycles. The number of benzene rings is 1. The van der Waals surface area contributed by atoms with Crippen LogP contribution in [0.1, 0.15) is 56.2 Å². The van der Waals surface area contributed by atoms with Crippen LogP contribution in [0, 0.1) is 6.92 Å². The van der Waals surface area contributed by atoms with Crippen LogP contribution in [0.4, 0.5) is 0 Å². The van der Waals surface area contributed by atoms with Gasteiger partial charge in [0.25, 0.3) is 0 Å². The molecule has 0 amide bonds. The number of rotatable bonds is 7. The lowest BCUT2D eigenvalue weighted by atomic mass is 9.98. The number of unbranched alkanes of at least 4 members (excludes halogenated alkanes) is 2. The van der Waals surface area contributed by atoms with Crippen molar-refractivity contribution in [2.45, 2.75) is 58.8 Å². The quantitative estimate of drug-likeness (QED) is 0.618. The fraction of sp³-hybridized carbons (Fsp3) is 0.562. The Balaban J connectivity index is 2.74. The van der Waals surface area contributed by atoms with Crippen LogP contribution in [0.2, 0.25) is 0 Å². The van der Waals surface area contributed by atoms with Gasteiger partial charge in [0.2, 0.25) is 0 Å². The van der Waals surface area contributed by atoms with Crippen LogP contribution in [0.5, 0.6) is 0 Å². The lowest BCUT2D eigenvalue weighted by Crippen LogP contribution is -1.94. The zero-order valence-electron chi connectivity index (χ0n) is 10.9. The predicted molar refractivity (Wildman–Crippen MR) is 72.7 cm³/mol. The van der Waals surface area contributed by atoms with Crippen LogP contribution in [-0.2, 0) is 19.3 Å². The largest absolute Gasteiger partial charge is 0.0654 e. The van der Waals surface area contributed by atoms with Gasteiger partial charge in [0, 0.05) is 0 Å². The first-order valence-corrected chi connectivity index (χ1v) is 6.71. The fourth-order valence-electron chi connectivity index (χ4n) is 2.03. The summed E-state index contributed by atoms with van der Waals surface area (Å²) in [5, 5.41) is 0. The normalized spacial score (nSPS) is 10.7. The van der Waals surface area contributed by atoms with Gasteiger partial charge in [0.15, 0.2) is 0 Å². The van der Waals surface area contributed by atoms with Crippen molar-refractivity contribution in [3.8, 4) is 0 Å². The van der Waals surface area contributed by atoms with E-state index in [9.17, 15) is 0 Å². The van der Waals surface area contributed by atoms with Gasteiger partial charge in [0.1, 0.15) is 0 Å². The molecule has 0 aliphatic rings. The monoisotopic (exact) mass is 217 g/mol. The topological polar surface area (TPSA) is 0 Å². The average Bonchev–Trinajstić information content (AvgIpc) is 2.33. The SMILES string of the molecule is [CH2]Cc1cc(CCCC)cc(CCCC)c1. The van der Waals surface area contributed by atoms with E-state index in [1.807, 2.05) is 0 Å². The molecule has 0 atom stereocenters. The smallest absolute Gasteiger partial charge is 0.0279 e. The van der Waals surface area contributed by atoms with Gasteiger partial charge >= 0.3 is 0 Å². The number of aryl methyl sites for hydroxylation is 2. The summed E-state index contributed by atoms with van der Waals surface area (Å²) in [6.07, 6.45) is 8.52. The van der Waals surface area contributed by atoms with Crippen molar-refractivity contribution in [2.75, 3.05) is 0 Å². The molecular formula is C16H25. The van der Waals surface area contributed by atoms with Gasteiger partial charge in [-0.2, -0.15) is 0 Å². The molecule has 0 fully saturated rings. The maximum atomic E-state index is 4.00. The van der Waals surface area contributed by atoms with Gasteiger partial charge in [-0.1, -0.05) is 44.9 Å². The van der Waals surface area contributed by atoms with E-state index in [0.29, 0.717) is 0 Å². The van der Waals surface area contributed by atoms with Crippen molar-refractivity contribution < 1.29 is 0 Å². The molecular weight excluding hydrogens is 192 g/mol. The van der Waals surface area contributed by atoms with E-state index in [2.05, 4.69) is 39.0 Å². The summed E-state index contributed by atoms with van der Waals surface area (Å²) in [5.74, 6) is 0. The molecule has 0 N–H and O–H groups in total. The fourth-order valence-corrected chi connectivity index (χ4v) is 2.03. The van der Waals surface area contributed by atoms with Crippen LogP contribution in [0.25, 0.3) is 0 Å². The summed E-state index contributed by atoms with van der Waals surface area (Å²) in [4.78, 5) is 0. The zero-order valence-corrected chi connectivity index (χ0v) is 10.9. The number of hydrogen-bond acceptors (Lipinski definition) is 0. The van der Waals surface area contributed by atoms with Crippen LogP contribution < -0.4 is 0 Å². The third-order valence-corrected chi connectivity index (χ3v) is 3.04. The molecule has 0 bridgehead atoms. The van der Waals surface area contributed by atoms with E-state index in [1.54, 1.807) is 0 Å². The second-order valence-corrected chi connectivity index (χ2v) is 4.61. The Bertz CT molecular complexity index is 273. The standard InChI is InChI=1S/C16H25/c1-4-7-9-15-11-14(6-3)12-16(13-15)10-8-5-2/h11-13H,3-10H2,1-2H3. The Kier molecular flexibility index (Phi) is 6.22. The molecule has 0 unspecified atom stereocenters. The highest BCUT2D eigenvalue weighted by Crippen LogP contribution is 2.15. The van der Waals surface area contributed by atoms with E-state index in [0.717, 1.165) is 6.42 Å². The summed E-state index contributed by atoms with van der Waals surface area (Å²) < 4.78 is 0. The van der Waals surface area contributed by atoms with Gasteiger partial charge < -0.3 is 0 Å². The third-order valence-electron chi connectivity index (χ3n) is 3.04. The molecule has 89 valence electrons. The van der Waals surface area contributed by atoms with Crippen molar-refractivity contribution in [2.24, 2.45) is 0 Å². The second kappa shape index (κ2) is 7.49. The van der Waals surface area contributed by atoms with Gasteiger partial charge in [-0.25, -0.2) is 0 Å². The Morgan fingerprint density at radius 1 is 0.812 bits per heavy atom. The molecule has 1 rings (SSSR count). The molecule has 1 aromatic rings. The number of hydrogen-bond donors (Lipinski definition) is 0. The molecule has 0 nitrogen and oxygen atoms in total. The molecule has 0 saturated carbocycles.